The Bertz CT molecular complexity index is 320. The van der Waals surface area contributed by atoms with Crippen LogP contribution in [-0.4, -0.2) is 11.8 Å². The van der Waals surface area contributed by atoms with E-state index in [2.05, 4.69) is 37.4 Å². The molecule has 1 nitrogen and oxygen atoms in total. The maximum Gasteiger partial charge on any atom is 0.0345 e. The van der Waals surface area contributed by atoms with Crippen LogP contribution >= 0.6 is 11.8 Å². The van der Waals surface area contributed by atoms with Crippen LogP contribution < -0.4 is 5.32 Å². The fourth-order valence-corrected chi connectivity index (χ4v) is 2.80. The fraction of sp³-hybridized carbons (Fsp3) is 0.500. The predicted molar refractivity (Wildman–Crippen MR) is 64.2 cm³/mol. The number of nitrogens with one attached hydrogen (secondary N) is 1. The highest BCUT2D eigenvalue weighted by atomic mass is 32.2. The zero-order valence-electron chi connectivity index (χ0n) is 8.84. The molecule has 0 unspecified atom stereocenters. The molecule has 1 aromatic rings. The molecule has 1 aromatic carbocycles. The zero-order chi connectivity index (χ0) is 9.97. The summed E-state index contributed by atoms with van der Waals surface area (Å²) in [6.45, 7) is 4.35. The molecule has 76 valence electrons. The van der Waals surface area contributed by atoms with E-state index in [0.717, 1.165) is 0 Å². The van der Waals surface area contributed by atoms with Crippen molar-refractivity contribution in [2.24, 2.45) is 0 Å². The minimum Gasteiger partial charge on any atom is -0.383 e. The molecule has 1 aliphatic heterocycles. The van der Waals surface area contributed by atoms with Crippen LogP contribution in [0.3, 0.4) is 0 Å². The third-order valence-corrected chi connectivity index (χ3v) is 3.57. The van der Waals surface area contributed by atoms with Crippen molar-refractivity contribution in [1.29, 1.82) is 0 Å². The van der Waals surface area contributed by atoms with Gasteiger partial charge >= 0.3 is 0 Å². The number of benzene rings is 1. The van der Waals surface area contributed by atoms with Crippen LogP contribution in [0.25, 0.3) is 0 Å². The first kappa shape index (κ1) is 9.91. The van der Waals surface area contributed by atoms with Crippen LogP contribution in [0.4, 0.5) is 5.69 Å². The molecule has 1 heterocycles. The Morgan fingerprint density at radius 2 is 2.21 bits per heavy atom. The van der Waals surface area contributed by atoms with Gasteiger partial charge in [-0.1, -0.05) is 0 Å². The normalized spacial score (nSPS) is 15.4. The lowest BCUT2D eigenvalue weighted by Gasteiger charge is -2.17. The van der Waals surface area contributed by atoms with Crippen LogP contribution in [0.2, 0.25) is 0 Å². The van der Waals surface area contributed by atoms with Gasteiger partial charge in [0.1, 0.15) is 0 Å². The molecule has 0 fully saturated rings. The molecule has 14 heavy (non-hydrogen) atoms. The van der Waals surface area contributed by atoms with Crippen LogP contribution in [0.1, 0.15) is 25.8 Å². The second-order valence-electron chi connectivity index (χ2n) is 4.07. The summed E-state index contributed by atoms with van der Waals surface area (Å²) in [6, 6.07) is 7.27. The minimum absolute atomic E-state index is 0.518. The van der Waals surface area contributed by atoms with E-state index in [1.54, 1.807) is 0 Å². The number of thioether (sulfide) groups is 1. The summed E-state index contributed by atoms with van der Waals surface area (Å²) in [5.41, 5.74) is 2.79. The van der Waals surface area contributed by atoms with E-state index >= 15 is 0 Å². The largest absolute Gasteiger partial charge is 0.383 e. The van der Waals surface area contributed by atoms with Crippen LogP contribution in [0, 0.1) is 0 Å². The second kappa shape index (κ2) is 4.26. The van der Waals surface area contributed by atoms with E-state index in [9.17, 15) is 0 Å². The number of aryl methyl sites for hydroxylation is 1. The highest BCUT2D eigenvalue weighted by Gasteiger charge is 2.09. The Hall–Kier alpha value is -0.630. The Kier molecular flexibility index (Phi) is 3.02. The first-order valence-electron chi connectivity index (χ1n) is 5.28. The molecule has 0 saturated heterocycles. The fourth-order valence-electron chi connectivity index (χ4n) is 1.78. The maximum atomic E-state index is 3.45. The Morgan fingerprint density at radius 1 is 1.36 bits per heavy atom. The van der Waals surface area contributed by atoms with Crippen molar-refractivity contribution in [3.8, 4) is 0 Å². The van der Waals surface area contributed by atoms with Crippen molar-refractivity contribution in [3.05, 3.63) is 23.8 Å². The summed E-state index contributed by atoms with van der Waals surface area (Å²) >= 11 is 1.99. The van der Waals surface area contributed by atoms with Gasteiger partial charge in [0.2, 0.25) is 0 Å². The molecule has 0 radical (unpaired) electrons. The van der Waals surface area contributed by atoms with Crippen molar-refractivity contribution in [1.82, 2.24) is 0 Å². The quantitative estimate of drug-likeness (QED) is 0.796. The van der Waals surface area contributed by atoms with Crippen molar-refractivity contribution in [2.75, 3.05) is 11.1 Å². The molecular formula is C12H17NS. The van der Waals surface area contributed by atoms with Gasteiger partial charge in [0.15, 0.2) is 0 Å². The molecule has 0 bridgehead atoms. The van der Waals surface area contributed by atoms with Gasteiger partial charge in [0.05, 0.1) is 0 Å². The third kappa shape index (κ3) is 2.24. The summed E-state index contributed by atoms with van der Waals surface area (Å²) < 4.78 is 0. The molecule has 0 amide bonds. The first-order chi connectivity index (χ1) is 6.75. The molecule has 0 aromatic heterocycles. The molecule has 2 rings (SSSR count). The average molecular weight is 207 g/mol. The summed E-state index contributed by atoms with van der Waals surface area (Å²) in [4.78, 5) is 1.48. The lowest BCUT2D eigenvalue weighted by atomic mass is 10.1. The SMILES string of the molecule is CC(C)Nc1ccc2c(c1)CCCS2. The molecule has 0 saturated carbocycles. The first-order valence-corrected chi connectivity index (χ1v) is 6.26. The summed E-state index contributed by atoms with van der Waals surface area (Å²) in [5, 5.41) is 3.45. The number of hydrogen-bond acceptors (Lipinski definition) is 2. The topological polar surface area (TPSA) is 12.0 Å². The Morgan fingerprint density at radius 3 is 3.00 bits per heavy atom. The predicted octanol–water partition coefficient (Wildman–Crippen LogP) is 3.55. The molecule has 1 aliphatic rings. The van der Waals surface area contributed by atoms with E-state index in [-0.39, 0.29) is 0 Å². The molecule has 0 atom stereocenters. The van der Waals surface area contributed by atoms with Crippen molar-refractivity contribution in [3.63, 3.8) is 0 Å². The van der Waals surface area contributed by atoms with Gasteiger partial charge in [-0.15, -0.1) is 11.8 Å². The lowest BCUT2D eigenvalue weighted by molar-refractivity contribution is 0.878. The van der Waals surface area contributed by atoms with E-state index in [0.29, 0.717) is 6.04 Å². The molecule has 0 spiro atoms. The van der Waals surface area contributed by atoms with Gasteiger partial charge in [0, 0.05) is 16.6 Å². The maximum absolute atomic E-state index is 3.45. The highest BCUT2D eigenvalue weighted by molar-refractivity contribution is 7.99. The van der Waals surface area contributed by atoms with Crippen molar-refractivity contribution < 1.29 is 0 Å². The highest BCUT2D eigenvalue weighted by Crippen LogP contribution is 2.31. The number of anilines is 1. The van der Waals surface area contributed by atoms with Crippen LogP contribution in [-0.2, 0) is 6.42 Å². The standard InChI is InChI=1S/C12H17NS/c1-9(2)13-11-5-6-12-10(8-11)4-3-7-14-12/h5-6,8-9,13H,3-4,7H2,1-2H3. The summed E-state index contributed by atoms with van der Waals surface area (Å²) in [5.74, 6) is 1.28. The van der Waals surface area contributed by atoms with Gasteiger partial charge in [-0.3, -0.25) is 0 Å². The lowest BCUT2D eigenvalue weighted by Crippen LogP contribution is -2.10. The molecule has 0 aliphatic carbocycles. The minimum atomic E-state index is 0.518. The van der Waals surface area contributed by atoms with E-state index in [1.165, 1.54) is 34.7 Å². The van der Waals surface area contributed by atoms with Gasteiger partial charge in [-0.25, -0.2) is 0 Å². The average Bonchev–Trinajstić information content (AvgIpc) is 2.17. The van der Waals surface area contributed by atoms with E-state index < -0.39 is 0 Å². The number of fused-ring (bicyclic) bond motifs is 1. The number of hydrogen-bond donors (Lipinski definition) is 1. The molecule has 2 heteroatoms. The summed E-state index contributed by atoms with van der Waals surface area (Å²) in [7, 11) is 0. The monoisotopic (exact) mass is 207 g/mol. The van der Waals surface area contributed by atoms with Gasteiger partial charge in [-0.05, 0) is 56.2 Å². The third-order valence-electron chi connectivity index (χ3n) is 2.36. The smallest absolute Gasteiger partial charge is 0.0345 e. The van der Waals surface area contributed by atoms with E-state index in [1.807, 2.05) is 11.8 Å². The van der Waals surface area contributed by atoms with Gasteiger partial charge in [0.25, 0.3) is 0 Å². The summed E-state index contributed by atoms with van der Waals surface area (Å²) in [6.07, 6.45) is 2.57. The Balaban J connectivity index is 2.20. The molecule has 1 N–H and O–H groups in total. The van der Waals surface area contributed by atoms with Crippen molar-refractivity contribution >= 4 is 17.4 Å². The van der Waals surface area contributed by atoms with Gasteiger partial charge < -0.3 is 5.32 Å². The zero-order valence-corrected chi connectivity index (χ0v) is 9.66. The molecular weight excluding hydrogens is 190 g/mol. The van der Waals surface area contributed by atoms with Crippen LogP contribution in [0.15, 0.2) is 23.1 Å². The van der Waals surface area contributed by atoms with Crippen molar-refractivity contribution in [2.45, 2.75) is 37.6 Å². The Labute approximate surface area is 90.3 Å². The second-order valence-corrected chi connectivity index (χ2v) is 5.21. The van der Waals surface area contributed by atoms with Gasteiger partial charge in [-0.2, -0.15) is 0 Å². The number of rotatable bonds is 2. The van der Waals surface area contributed by atoms with Crippen LogP contribution in [0.5, 0.6) is 0 Å². The van der Waals surface area contributed by atoms with E-state index in [4.69, 9.17) is 0 Å².